The summed E-state index contributed by atoms with van der Waals surface area (Å²) in [5.74, 6) is 1.18. The van der Waals surface area contributed by atoms with Crippen LogP contribution in [-0.4, -0.2) is 0 Å². The first-order chi connectivity index (χ1) is 5.75. The predicted molar refractivity (Wildman–Crippen MR) is 54.9 cm³/mol. The summed E-state index contributed by atoms with van der Waals surface area (Å²) in [6, 6.07) is 0. The zero-order chi connectivity index (χ0) is 8.97. The molecule has 0 aromatic heterocycles. The molecule has 1 aliphatic rings. The fourth-order valence-corrected chi connectivity index (χ4v) is 1.55. The van der Waals surface area contributed by atoms with Gasteiger partial charge in [-0.2, -0.15) is 0 Å². The molecule has 0 radical (unpaired) electrons. The largest absolute Gasteiger partial charge is 0.0991 e. The first-order valence-electron chi connectivity index (χ1n) is 4.40. The number of allylic oxidation sites excluding steroid dienone is 7. The van der Waals surface area contributed by atoms with Crippen LogP contribution >= 0.6 is 0 Å². The molecule has 0 aliphatic heterocycles. The fourth-order valence-electron chi connectivity index (χ4n) is 1.55. The van der Waals surface area contributed by atoms with Gasteiger partial charge in [-0.15, -0.1) is 0 Å². The molecule has 1 aliphatic carbocycles. The quantitative estimate of drug-likeness (QED) is 0.542. The molecule has 1 rings (SSSR count). The van der Waals surface area contributed by atoms with Gasteiger partial charge in [-0.05, 0) is 12.8 Å². The SMILES string of the molecule is C=C/C=C\C1C(C)=CC=CC1C. The van der Waals surface area contributed by atoms with E-state index < -0.39 is 0 Å². The minimum atomic E-state index is 0.563. The fraction of sp³-hybridized carbons (Fsp3) is 0.333. The molecule has 0 spiro atoms. The maximum atomic E-state index is 3.67. The summed E-state index contributed by atoms with van der Waals surface area (Å²) in [6.07, 6.45) is 12.6. The van der Waals surface area contributed by atoms with Crippen LogP contribution in [0.1, 0.15) is 13.8 Å². The summed E-state index contributed by atoms with van der Waals surface area (Å²) in [5, 5.41) is 0. The van der Waals surface area contributed by atoms with Crippen molar-refractivity contribution < 1.29 is 0 Å². The van der Waals surface area contributed by atoms with Gasteiger partial charge in [-0.25, -0.2) is 0 Å². The average Bonchev–Trinajstić information content (AvgIpc) is 2.04. The van der Waals surface area contributed by atoms with Crippen LogP contribution in [0.25, 0.3) is 0 Å². The van der Waals surface area contributed by atoms with Crippen molar-refractivity contribution in [1.29, 1.82) is 0 Å². The molecule has 0 aromatic carbocycles. The molecule has 0 heterocycles. The first-order valence-corrected chi connectivity index (χ1v) is 4.40. The number of hydrogen-bond acceptors (Lipinski definition) is 0. The molecule has 64 valence electrons. The maximum Gasteiger partial charge on any atom is 0.00405 e. The van der Waals surface area contributed by atoms with Gasteiger partial charge in [0.1, 0.15) is 0 Å². The third kappa shape index (κ3) is 1.97. The second-order valence-corrected chi connectivity index (χ2v) is 3.30. The van der Waals surface area contributed by atoms with E-state index in [1.54, 1.807) is 0 Å². The Kier molecular flexibility index (Phi) is 3.09. The Hall–Kier alpha value is -1.04. The summed E-state index contributed by atoms with van der Waals surface area (Å²) in [5.41, 5.74) is 1.43. The molecule has 2 atom stereocenters. The zero-order valence-electron chi connectivity index (χ0n) is 7.83. The summed E-state index contributed by atoms with van der Waals surface area (Å²) in [7, 11) is 0. The van der Waals surface area contributed by atoms with E-state index in [4.69, 9.17) is 0 Å². The van der Waals surface area contributed by atoms with Gasteiger partial charge in [0.15, 0.2) is 0 Å². The van der Waals surface area contributed by atoms with Gasteiger partial charge < -0.3 is 0 Å². The lowest BCUT2D eigenvalue weighted by Crippen LogP contribution is -2.10. The van der Waals surface area contributed by atoms with Crippen molar-refractivity contribution in [3.63, 3.8) is 0 Å². The zero-order valence-corrected chi connectivity index (χ0v) is 7.83. The van der Waals surface area contributed by atoms with E-state index in [0.717, 1.165) is 0 Å². The lowest BCUT2D eigenvalue weighted by atomic mass is 9.84. The van der Waals surface area contributed by atoms with E-state index in [1.165, 1.54) is 5.57 Å². The molecule has 12 heavy (non-hydrogen) atoms. The summed E-state index contributed by atoms with van der Waals surface area (Å²) >= 11 is 0. The van der Waals surface area contributed by atoms with Gasteiger partial charge in [0.25, 0.3) is 0 Å². The van der Waals surface area contributed by atoms with Gasteiger partial charge >= 0.3 is 0 Å². The van der Waals surface area contributed by atoms with E-state index in [2.05, 4.69) is 44.7 Å². The Labute approximate surface area is 75.0 Å². The van der Waals surface area contributed by atoms with Crippen molar-refractivity contribution >= 4 is 0 Å². The molecule has 0 bridgehead atoms. The number of rotatable bonds is 2. The van der Waals surface area contributed by atoms with Crippen molar-refractivity contribution in [1.82, 2.24) is 0 Å². The molecule has 0 fully saturated rings. The van der Waals surface area contributed by atoms with Gasteiger partial charge in [0.2, 0.25) is 0 Å². The van der Waals surface area contributed by atoms with Crippen LogP contribution in [0.15, 0.2) is 48.6 Å². The third-order valence-corrected chi connectivity index (χ3v) is 2.32. The summed E-state index contributed by atoms with van der Waals surface area (Å²) in [6.45, 7) is 8.09. The highest BCUT2D eigenvalue weighted by atomic mass is 14.2. The highest BCUT2D eigenvalue weighted by Crippen LogP contribution is 2.26. The van der Waals surface area contributed by atoms with Gasteiger partial charge in [-0.3, -0.25) is 0 Å². The standard InChI is InChI=1S/C12H16/c1-4-5-9-12-10(2)7-6-8-11(12)3/h4-10,12H,1H2,2-3H3/b9-5-. The topological polar surface area (TPSA) is 0 Å². The Morgan fingerprint density at radius 2 is 2.25 bits per heavy atom. The van der Waals surface area contributed by atoms with Gasteiger partial charge in [0.05, 0.1) is 0 Å². The molecule has 2 unspecified atom stereocenters. The van der Waals surface area contributed by atoms with Crippen molar-refractivity contribution in [2.45, 2.75) is 13.8 Å². The average molecular weight is 160 g/mol. The van der Waals surface area contributed by atoms with E-state index >= 15 is 0 Å². The maximum absolute atomic E-state index is 3.67. The van der Waals surface area contributed by atoms with Crippen LogP contribution < -0.4 is 0 Å². The molecule has 0 N–H and O–H groups in total. The first kappa shape index (κ1) is 9.05. The second-order valence-electron chi connectivity index (χ2n) is 3.30. The van der Waals surface area contributed by atoms with Crippen LogP contribution in [0.3, 0.4) is 0 Å². The predicted octanol–water partition coefficient (Wildman–Crippen LogP) is 3.50. The Balaban J connectivity index is 2.75. The monoisotopic (exact) mass is 160 g/mol. The third-order valence-electron chi connectivity index (χ3n) is 2.32. The lowest BCUT2D eigenvalue weighted by Gasteiger charge is -2.21. The molecule has 0 saturated carbocycles. The summed E-state index contributed by atoms with van der Waals surface area (Å²) < 4.78 is 0. The highest BCUT2D eigenvalue weighted by molar-refractivity contribution is 5.25. The van der Waals surface area contributed by atoms with Gasteiger partial charge in [-0.1, -0.05) is 55.5 Å². The summed E-state index contributed by atoms with van der Waals surface area (Å²) in [4.78, 5) is 0. The van der Waals surface area contributed by atoms with Crippen molar-refractivity contribution in [2.24, 2.45) is 11.8 Å². The second kappa shape index (κ2) is 4.10. The van der Waals surface area contributed by atoms with Crippen LogP contribution in [0.2, 0.25) is 0 Å². The van der Waals surface area contributed by atoms with Crippen molar-refractivity contribution in [3.8, 4) is 0 Å². The molecule has 0 amide bonds. The van der Waals surface area contributed by atoms with Crippen LogP contribution in [0.5, 0.6) is 0 Å². The number of hydrogen-bond donors (Lipinski definition) is 0. The lowest BCUT2D eigenvalue weighted by molar-refractivity contribution is 0.575. The van der Waals surface area contributed by atoms with Crippen LogP contribution in [-0.2, 0) is 0 Å². The minimum Gasteiger partial charge on any atom is -0.0991 e. The molecule has 0 aromatic rings. The van der Waals surface area contributed by atoms with Gasteiger partial charge in [0, 0.05) is 5.92 Å². The molecular formula is C12H16. The van der Waals surface area contributed by atoms with E-state index in [-0.39, 0.29) is 0 Å². The van der Waals surface area contributed by atoms with E-state index in [9.17, 15) is 0 Å². The molecular weight excluding hydrogens is 144 g/mol. The van der Waals surface area contributed by atoms with Crippen LogP contribution in [0.4, 0.5) is 0 Å². The molecule has 0 saturated heterocycles. The molecule has 0 heteroatoms. The van der Waals surface area contributed by atoms with E-state index in [1.807, 2.05) is 12.2 Å². The van der Waals surface area contributed by atoms with E-state index in [0.29, 0.717) is 11.8 Å². The smallest absolute Gasteiger partial charge is 0.00405 e. The van der Waals surface area contributed by atoms with Crippen molar-refractivity contribution in [2.75, 3.05) is 0 Å². The van der Waals surface area contributed by atoms with Crippen LogP contribution in [0, 0.1) is 11.8 Å². The Morgan fingerprint density at radius 1 is 1.50 bits per heavy atom. The molecule has 0 nitrogen and oxygen atoms in total. The highest BCUT2D eigenvalue weighted by Gasteiger charge is 2.14. The minimum absolute atomic E-state index is 0.563. The normalized spacial score (nSPS) is 29.0. The Bertz CT molecular complexity index is 241. The van der Waals surface area contributed by atoms with Crippen molar-refractivity contribution in [3.05, 3.63) is 48.6 Å². The Morgan fingerprint density at radius 3 is 2.83 bits per heavy atom.